The molecule has 0 saturated heterocycles. The normalized spacial score (nSPS) is 24.4. The molecular weight excluding hydrogens is 554 g/mol. The molecule has 6 nitrogen and oxygen atoms in total. The molecule has 4 saturated carbocycles. The van der Waals surface area contributed by atoms with Crippen LogP contribution in [-0.4, -0.2) is 32.6 Å². The van der Waals surface area contributed by atoms with Gasteiger partial charge in [0.25, 0.3) is 5.91 Å². The number of nitrogens with zero attached hydrogens (tertiary/aromatic N) is 1. The molecule has 230 valence electrons. The number of benzene rings is 2. The highest BCUT2D eigenvalue weighted by Crippen LogP contribution is 2.52. The molecule has 3 N–H and O–H groups in total. The van der Waals surface area contributed by atoms with Crippen molar-refractivity contribution in [3.8, 4) is 11.1 Å². The van der Waals surface area contributed by atoms with Gasteiger partial charge in [0.15, 0.2) is 0 Å². The Balaban J connectivity index is 1.36. The Morgan fingerprint density at radius 3 is 2.21 bits per heavy atom. The second kappa shape index (κ2) is 11.6. The average molecular weight is 602 g/mol. The van der Waals surface area contributed by atoms with Crippen molar-refractivity contribution in [3.05, 3.63) is 53.9 Å². The molecule has 0 aliphatic heterocycles. The fourth-order valence-electron chi connectivity index (χ4n) is 7.81. The summed E-state index contributed by atoms with van der Waals surface area (Å²) in [7, 11) is 2.06. The van der Waals surface area contributed by atoms with Crippen molar-refractivity contribution in [2.24, 2.45) is 18.4 Å². The number of fused-ring (bicyclic) bond motifs is 4. The van der Waals surface area contributed by atoms with Gasteiger partial charge < -0.3 is 15.0 Å². The Morgan fingerprint density at radius 1 is 0.930 bits per heavy atom. The number of aliphatic carboxylic acids is 1. The first-order valence-electron chi connectivity index (χ1n) is 16.2. The molecule has 0 spiro atoms. The average Bonchev–Trinajstić information content (AvgIpc) is 3.32. The first kappa shape index (κ1) is 30.3. The Labute approximate surface area is 260 Å². The Kier molecular flexibility index (Phi) is 8.18. The number of nitrogens with one attached hydrogen (secondary N) is 2. The summed E-state index contributed by atoms with van der Waals surface area (Å²) in [4.78, 5) is 27.2. The summed E-state index contributed by atoms with van der Waals surface area (Å²) in [5.41, 5.74) is 3.38. The smallest absolute Gasteiger partial charge is 0.309 e. The van der Waals surface area contributed by atoms with Gasteiger partial charge >= 0.3 is 5.97 Å². The fourth-order valence-corrected chi connectivity index (χ4v) is 8.65. The molecule has 1 amide bonds. The topological polar surface area (TPSA) is 83.4 Å². The van der Waals surface area contributed by atoms with Gasteiger partial charge in [0.1, 0.15) is 5.69 Å². The first-order chi connectivity index (χ1) is 20.5. The van der Waals surface area contributed by atoms with Crippen LogP contribution in [0.15, 0.2) is 47.4 Å². The fraction of sp³-hybridized carbons (Fsp3) is 0.556. The molecule has 2 aromatic carbocycles. The van der Waals surface area contributed by atoms with Crippen LogP contribution >= 0.6 is 11.9 Å². The molecule has 3 aromatic rings. The quantitative estimate of drug-likeness (QED) is 0.226. The first-order valence-corrected chi connectivity index (χ1v) is 17.0. The van der Waals surface area contributed by atoms with E-state index in [9.17, 15) is 14.7 Å². The third kappa shape index (κ3) is 6.00. The summed E-state index contributed by atoms with van der Waals surface area (Å²) in [6, 6.07) is 15.2. The van der Waals surface area contributed by atoms with Crippen LogP contribution in [0, 0.1) is 11.3 Å². The number of aromatic nitrogens is 1. The van der Waals surface area contributed by atoms with Gasteiger partial charge in [-0.2, -0.15) is 0 Å². The minimum atomic E-state index is -0.669. The largest absolute Gasteiger partial charge is 0.481 e. The zero-order chi connectivity index (χ0) is 30.4. The third-order valence-corrected chi connectivity index (χ3v) is 11.8. The number of carboxylic acids is 1. The number of carbonyl (C=O) groups is 2. The van der Waals surface area contributed by atoms with E-state index in [0.717, 1.165) is 31.2 Å². The maximum atomic E-state index is 14.1. The molecule has 0 unspecified atom stereocenters. The molecule has 0 atom stereocenters. The number of carboxylic acid groups (broad SMARTS) is 1. The van der Waals surface area contributed by atoms with Crippen molar-refractivity contribution < 1.29 is 14.7 Å². The van der Waals surface area contributed by atoms with E-state index in [4.69, 9.17) is 0 Å². The van der Waals surface area contributed by atoms with Crippen LogP contribution in [-0.2, 0) is 18.3 Å². The van der Waals surface area contributed by atoms with Crippen molar-refractivity contribution >= 4 is 34.6 Å². The van der Waals surface area contributed by atoms with Gasteiger partial charge in [-0.05, 0) is 112 Å². The highest BCUT2D eigenvalue weighted by Gasteiger charge is 2.53. The number of hydrogen-bond donors (Lipinski definition) is 3. The van der Waals surface area contributed by atoms with Crippen LogP contribution in [0.1, 0.15) is 108 Å². The van der Waals surface area contributed by atoms with E-state index in [1.807, 2.05) is 0 Å². The van der Waals surface area contributed by atoms with Gasteiger partial charge in [0, 0.05) is 34.3 Å². The van der Waals surface area contributed by atoms with Crippen LogP contribution in [0.2, 0.25) is 0 Å². The second-order valence-corrected chi connectivity index (χ2v) is 15.4. The van der Waals surface area contributed by atoms with Gasteiger partial charge in [-0.25, -0.2) is 0 Å². The molecule has 4 aliphatic carbocycles. The monoisotopic (exact) mass is 601 g/mol. The highest BCUT2D eigenvalue weighted by atomic mass is 32.2. The van der Waals surface area contributed by atoms with E-state index in [2.05, 4.69) is 84.9 Å². The Hall–Kier alpha value is -2.77. The van der Waals surface area contributed by atoms with E-state index in [-0.39, 0.29) is 17.0 Å². The molecule has 1 heterocycles. The van der Waals surface area contributed by atoms with E-state index >= 15 is 0 Å². The maximum absolute atomic E-state index is 14.1. The summed E-state index contributed by atoms with van der Waals surface area (Å²) in [5, 5.41) is 15.7. The summed E-state index contributed by atoms with van der Waals surface area (Å²) >= 11 is 1.68. The van der Waals surface area contributed by atoms with Crippen molar-refractivity contribution in [3.63, 3.8) is 0 Å². The predicted molar refractivity (Wildman–Crippen MR) is 175 cm³/mol. The lowest BCUT2D eigenvalue weighted by molar-refractivity contribution is -0.156. The predicted octanol–water partition coefficient (Wildman–Crippen LogP) is 8.27. The highest BCUT2D eigenvalue weighted by molar-refractivity contribution is 7.97. The lowest BCUT2D eigenvalue weighted by Gasteiger charge is -2.51. The number of amides is 1. The SMILES string of the molecule is Cn1c(C(=O)NC23CCC(C(=O)O)(CC2)CC3)cc(-c2ccc(SNC(C)(C)C)c3ccccc23)c1CC1CCCCC1. The molecule has 4 fully saturated rings. The summed E-state index contributed by atoms with van der Waals surface area (Å²) in [6.45, 7) is 6.52. The number of hydrogen-bond acceptors (Lipinski definition) is 4. The van der Waals surface area contributed by atoms with Crippen LogP contribution in [0.25, 0.3) is 21.9 Å². The molecule has 2 bridgehead atoms. The molecule has 4 aliphatic rings. The van der Waals surface area contributed by atoms with E-state index in [1.54, 1.807) is 11.9 Å². The standard InChI is InChI=1S/C36H47N3O3S/c1-34(2,3)38-43-31-15-14-26(25-12-8-9-13-27(25)31)28-23-30(39(4)29(28)22-24-10-6-5-7-11-24)32(40)37-36-19-16-35(17-20-36,18-21-36)33(41)42/h8-9,12-15,23-24,38H,5-7,10-11,16-22H2,1-4H3,(H,37,40)(H,41,42). The maximum Gasteiger partial charge on any atom is 0.309 e. The van der Waals surface area contributed by atoms with Crippen LogP contribution < -0.4 is 10.0 Å². The summed E-state index contributed by atoms with van der Waals surface area (Å²) < 4.78 is 5.72. The molecule has 43 heavy (non-hydrogen) atoms. The Morgan fingerprint density at radius 2 is 1.58 bits per heavy atom. The van der Waals surface area contributed by atoms with Crippen molar-refractivity contribution in [2.45, 2.75) is 114 Å². The number of rotatable bonds is 8. The van der Waals surface area contributed by atoms with E-state index < -0.39 is 11.4 Å². The van der Waals surface area contributed by atoms with Crippen molar-refractivity contribution in [1.82, 2.24) is 14.6 Å². The van der Waals surface area contributed by atoms with Gasteiger partial charge in [0.05, 0.1) is 5.41 Å². The number of carbonyl (C=O) groups excluding carboxylic acids is 1. The van der Waals surface area contributed by atoms with Crippen LogP contribution in [0.3, 0.4) is 0 Å². The van der Waals surface area contributed by atoms with Crippen LogP contribution in [0.4, 0.5) is 0 Å². The summed E-state index contributed by atoms with van der Waals surface area (Å²) in [5.74, 6) is -0.0693. The molecule has 1 aromatic heterocycles. The van der Waals surface area contributed by atoms with Crippen LogP contribution in [0.5, 0.6) is 0 Å². The lowest BCUT2D eigenvalue weighted by atomic mass is 9.57. The Bertz CT molecular complexity index is 1500. The lowest BCUT2D eigenvalue weighted by Crippen LogP contribution is -2.58. The molecule has 0 radical (unpaired) electrons. The van der Waals surface area contributed by atoms with Gasteiger partial charge in [-0.3, -0.25) is 14.3 Å². The third-order valence-electron chi connectivity index (χ3n) is 10.5. The van der Waals surface area contributed by atoms with Crippen molar-refractivity contribution in [2.75, 3.05) is 0 Å². The molecular formula is C36H47N3O3S. The van der Waals surface area contributed by atoms with Gasteiger partial charge in [-0.15, -0.1) is 0 Å². The zero-order valence-corrected chi connectivity index (χ0v) is 27.0. The molecule has 7 heteroatoms. The van der Waals surface area contributed by atoms with E-state index in [0.29, 0.717) is 30.9 Å². The minimum absolute atomic E-state index is 0.00934. The zero-order valence-electron chi connectivity index (χ0n) is 26.2. The second-order valence-electron chi connectivity index (χ2n) is 14.6. The van der Waals surface area contributed by atoms with E-state index in [1.165, 1.54) is 59.0 Å². The van der Waals surface area contributed by atoms with Gasteiger partial charge in [0.2, 0.25) is 0 Å². The minimum Gasteiger partial charge on any atom is -0.481 e. The summed E-state index contributed by atoms with van der Waals surface area (Å²) in [6.07, 6.45) is 11.5. The molecule has 7 rings (SSSR count). The van der Waals surface area contributed by atoms with Crippen molar-refractivity contribution in [1.29, 1.82) is 0 Å². The van der Waals surface area contributed by atoms with Gasteiger partial charge in [-0.1, -0.05) is 62.4 Å².